The highest BCUT2D eigenvalue weighted by molar-refractivity contribution is 6.28. The van der Waals surface area contributed by atoms with E-state index in [1.165, 1.54) is 0 Å². The molecule has 0 fully saturated rings. The Morgan fingerprint density at radius 2 is 2.25 bits per heavy atom. The number of nitro groups is 1. The molecule has 0 radical (unpaired) electrons. The first-order valence-corrected chi connectivity index (χ1v) is 5.90. The van der Waals surface area contributed by atoms with E-state index in [2.05, 4.69) is 9.97 Å². The first-order chi connectivity index (χ1) is 9.60. The maximum absolute atomic E-state index is 10.9. The number of rotatable bonds is 5. The zero-order valence-corrected chi connectivity index (χ0v) is 11.2. The van der Waals surface area contributed by atoms with E-state index in [1.54, 1.807) is 25.3 Å². The van der Waals surface area contributed by atoms with Gasteiger partial charge in [-0.15, -0.1) is 0 Å². The first-order valence-electron chi connectivity index (χ1n) is 5.53. The van der Waals surface area contributed by atoms with Crippen LogP contribution < -0.4 is 4.74 Å². The lowest BCUT2D eigenvalue weighted by Gasteiger charge is -2.06. The van der Waals surface area contributed by atoms with Crippen LogP contribution in [-0.2, 0) is 11.3 Å². The Labute approximate surface area is 119 Å². The van der Waals surface area contributed by atoms with Crippen molar-refractivity contribution in [3.8, 4) is 11.6 Å². The molecule has 0 aliphatic carbocycles. The molecule has 0 saturated carbocycles. The summed E-state index contributed by atoms with van der Waals surface area (Å²) in [7, 11) is 1.57. The highest BCUT2D eigenvalue weighted by atomic mass is 35.5. The molecule has 104 valence electrons. The summed E-state index contributed by atoms with van der Waals surface area (Å²) in [5, 5.41) is 10.7. The minimum absolute atomic E-state index is 0.126. The Morgan fingerprint density at radius 1 is 1.45 bits per heavy atom. The molecule has 20 heavy (non-hydrogen) atoms. The van der Waals surface area contributed by atoms with Crippen LogP contribution in [0.15, 0.2) is 30.5 Å². The molecule has 1 aromatic carbocycles. The lowest BCUT2D eigenvalue weighted by Crippen LogP contribution is -1.98. The number of benzene rings is 1. The van der Waals surface area contributed by atoms with Crippen LogP contribution >= 0.6 is 11.6 Å². The highest BCUT2D eigenvalue weighted by Gasteiger charge is 2.19. The van der Waals surface area contributed by atoms with E-state index >= 15 is 0 Å². The maximum Gasteiger partial charge on any atom is 0.349 e. The summed E-state index contributed by atoms with van der Waals surface area (Å²) in [5.74, 6) is 0.196. The van der Waals surface area contributed by atoms with E-state index in [-0.39, 0.29) is 16.9 Å². The second-order valence-corrected chi connectivity index (χ2v) is 4.11. The molecule has 0 aliphatic rings. The lowest BCUT2D eigenvalue weighted by atomic mass is 10.2. The fourth-order valence-electron chi connectivity index (χ4n) is 1.52. The van der Waals surface area contributed by atoms with Crippen LogP contribution in [0.5, 0.6) is 11.6 Å². The van der Waals surface area contributed by atoms with Gasteiger partial charge in [0.15, 0.2) is 0 Å². The topological polar surface area (TPSA) is 87.4 Å². The van der Waals surface area contributed by atoms with Crippen LogP contribution in [0.1, 0.15) is 5.56 Å². The third-order valence-corrected chi connectivity index (χ3v) is 2.51. The van der Waals surface area contributed by atoms with Gasteiger partial charge in [-0.05, 0) is 29.3 Å². The molecule has 2 aromatic rings. The van der Waals surface area contributed by atoms with Crippen molar-refractivity contribution in [3.05, 3.63) is 51.4 Å². The second-order valence-electron chi connectivity index (χ2n) is 3.77. The monoisotopic (exact) mass is 295 g/mol. The minimum Gasteiger partial charge on any atom is -0.434 e. The molecule has 0 spiro atoms. The largest absolute Gasteiger partial charge is 0.434 e. The number of ether oxygens (including phenoxy) is 2. The standard InChI is InChI=1S/C12H10ClN3O4/c1-19-7-8-3-2-4-9(5-8)20-11-10(16(17)18)6-14-12(13)15-11/h2-6H,7H2,1H3. The smallest absolute Gasteiger partial charge is 0.349 e. The van der Waals surface area contributed by atoms with Crippen LogP contribution in [0, 0.1) is 10.1 Å². The number of methoxy groups -OCH3 is 1. The molecule has 0 atom stereocenters. The molecular weight excluding hydrogens is 286 g/mol. The summed E-state index contributed by atoms with van der Waals surface area (Å²) in [6.07, 6.45) is 1.00. The van der Waals surface area contributed by atoms with Gasteiger partial charge in [0, 0.05) is 7.11 Å². The summed E-state index contributed by atoms with van der Waals surface area (Å²) in [5.41, 5.74) is 0.513. The fourth-order valence-corrected chi connectivity index (χ4v) is 1.64. The molecule has 1 aromatic heterocycles. The van der Waals surface area contributed by atoms with Crippen molar-refractivity contribution in [2.75, 3.05) is 7.11 Å². The first kappa shape index (κ1) is 14.2. The van der Waals surface area contributed by atoms with Crippen molar-refractivity contribution in [2.45, 2.75) is 6.61 Å². The molecule has 0 bridgehead atoms. The van der Waals surface area contributed by atoms with E-state index in [4.69, 9.17) is 21.1 Å². The van der Waals surface area contributed by atoms with Gasteiger partial charge in [0.25, 0.3) is 0 Å². The molecule has 0 unspecified atom stereocenters. The van der Waals surface area contributed by atoms with Crippen LogP contribution in [-0.4, -0.2) is 22.0 Å². The lowest BCUT2D eigenvalue weighted by molar-refractivity contribution is -0.386. The molecule has 0 saturated heterocycles. The highest BCUT2D eigenvalue weighted by Crippen LogP contribution is 2.29. The number of halogens is 1. The third-order valence-electron chi connectivity index (χ3n) is 2.33. The van der Waals surface area contributed by atoms with E-state index in [0.29, 0.717) is 12.4 Å². The average molecular weight is 296 g/mol. The third kappa shape index (κ3) is 3.40. The van der Waals surface area contributed by atoms with Crippen LogP contribution in [0.4, 0.5) is 5.69 Å². The molecule has 0 aliphatic heterocycles. The Bertz CT molecular complexity index is 636. The molecule has 0 amide bonds. The summed E-state index contributed by atoms with van der Waals surface area (Å²) < 4.78 is 10.4. The predicted octanol–water partition coefficient (Wildman–Crippen LogP) is 2.98. The predicted molar refractivity (Wildman–Crippen MR) is 70.9 cm³/mol. The zero-order chi connectivity index (χ0) is 14.5. The molecule has 2 rings (SSSR count). The summed E-state index contributed by atoms with van der Waals surface area (Å²) in [6.45, 7) is 0.407. The normalized spacial score (nSPS) is 10.3. The van der Waals surface area contributed by atoms with E-state index < -0.39 is 4.92 Å². The summed E-state index contributed by atoms with van der Waals surface area (Å²) in [4.78, 5) is 17.5. The van der Waals surface area contributed by atoms with Crippen LogP contribution in [0.2, 0.25) is 5.28 Å². The van der Waals surface area contributed by atoms with E-state index in [0.717, 1.165) is 11.8 Å². The van der Waals surface area contributed by atoms with Gasteiger partial charge in [-0.1, -0.05) is 12.1 Å². The zero-order valence-electron chi connectivity index (χ0n) is 10.4. The van der Waals surface area contributed by atoms with Gasteiger partial charge in [-0.3, -0.25) is 10.1 Å². The maximum atomic E-state index is 10.9. The molecule has 8 heteroatoms. The Balaban J connectivity index is 2.31. The molecular formula is C12H10ClN3O4. The van der Waals surface area contributed by atoms with Crippen molar-refractivity contribution in [3.63, 3.8) is 0 Å². The van der Waals surface area contributed by atoms with E-state index in [1.807, 2.05) is 6.07 Å². The van der Waals surface area contributed by atoms with Gasteiger partial charge in [0.2, 0.25) is 5.28 Å². The van der Waals surface area contributed by atoms with E-state index in [9.17, 15) is 10.1 Å². The van der Waals surface area contributed by atoms with Gasteiger partial charge in [-0.2, -0.15) is 4.98 Å². The van der Waals surface area contributed by atoms with Gasteiger partial charge < -0.3 is 9.47 Å². The minimum atomic E-state index is -0.634. The van der Waals surface area contributed by atoms with Crippen LogP contribution in [0.25, 0.3) is 0 Å². The van der Waals surface area contributed by atoms with Crippen LogP contribution in [0.3, 0.4) is 0 Å². The van der Waals surface area contributed by atoms with Gasteiger partial charge >= 0.3 is 11.6 Å². The SMILES string of the molecule is COCc1cccc(Oc2nc(Cl)ncc2[N+](=O)[O-])c1. The summed E-state index contributed by atoms with van der Waals surface area (Å²) in [6, 6.07) is 6.94. The molecule has 0 N–H and O–H groups in total. The summed E-state index contributed by atoms with van der Waals surface area (Å²) >= 11 is 5.62. The van der Waals surface area contributed by atoms with Gasteiger partial charge in [-0.25, -0.2) is 4.98 Å². The number of hydrogen-bond donors (Lipinski definition) is 0. The van der Waals surface area contributed by atoms with Crippen molar-refractivity contribution in [1.29, 1.82) is 0 Å². The van der Waals surface area contributed by atoms with Crippen molar-refractivity contribution in [2.24, 2.45) is 0 Å². The van der Waals surface area contributed by atoms with Crippen molar-refractivity contribution in [1.82, 2.24) is 9.97 Å². The Hall–Kier alpha value is -2.25. The second kappa shape index (κ2) is 6.27. The van der Waals surface area contributed by atoms with Crippen molar-refractivity contribution < 1.29 is 14.4 Å². The number of nitrogens with zero attached hydrogens (tertiary/aromatic N) is 3. The van der Waals surface area contributed by atoms with Gasteiger partial charge in [0.1, 0.15) is 11.9 Å². The van der Waals surface area contributed by atoms with Crippen molar-refractivity contribution >= 4 is 17.3 Å². The fraction of sp³-hybridized carbons (Fsp3) is 0.167. The Morgan fingerprint density at radius 3 is 2.95 bits per heavy atom. The number of hydrogen-bond acceptors (Lipinski definition) is 6. The average Bonchev–Trinajstić information content (AvgIpc) is 2.39. The number of aromatic nitrogens is 2. The Kier molecular flexibility index (Phi) is 4.44. The molecule has 7 nitrogen and oxygen atoms in total. The van der Waals surface area contributed by atoms with Gasteiger partial charge in [0.05, 0.1) is 11.5 Å². The molecule has 1 heterocycles. The quantitative estimate of drug-likeness (QED) is 0.479.